The summed E-state index contributed by atoms with van der Waals surface area (Å²) in [6, 6.07) is 15.5. The van der Waals surface area contributed by atoms with Crippen LogP contribution in [-0.2, 0) is 4.79 Å². The first kappa shape index (κ1) is 21.7. The fourth-order valence-corrected chi connectivity index (χ4v) is 3.78. The minimum atomic E-state index is 0.00955. The van der Waals surface area contributed by atoms with Crippen LogP contribution in [0, 0.1) is 13.8 Å². The van der Waals surface area contributed by atoms with Crippen LogP contribution in [0.3, 0.4) is 0 Å². The highest BCUT2D eigenvalue weighted by Gasteiger charge is 2.15. The lowest BCUT2D eigenvalue weighted by atomic mass is 10.2. The molecule has 0 atom stereocenters. The average molecular weight is 427 g/mol. The molecule has 0 aliphatic heterocycles. The van der Waals surface area contributed by atoms with E-state index >= 15 is 0 Å². The number of aromatic nitrogens is 3. The van der Waals surface area contributed by atoms with Crippen molar-refractivity contribution in [2.45, 2.75) is 19.0 Å². The summed E-state index contributed by atoms with van der Waals surface area (Å²) in [7, 11) is 3.41. The molecule has 0 saturated heterocycles. The molecule has 1 heterocycles. The Hall–Kier alpha value is -3.00. The summed E-state index contributed by atoms with van der Waals surface area (Å²) in [4.78, 5) is 14.2. The Kier molecular flexibility index (Phi) is 7.35. The summed E-state index contributed by atoms with van der Waals surface area (Å²) in [5, 5.41) is 9.07. The summed E-state index contributed by atoms with van der Waals surface area (Å²) >= 11 is 1.37. The molecule has 0 N–H and O–H groups in total. The molecule has 0 unspecified atom stereocenters. The maximum Gasteiger partial charge on any atom is 0.232 e. The second-order valence-electron chi connectivity index (χ2n) is 6.78. The third-order valence-electron chi connectivity index (χ3n) is 4.65. The van der Waals surface area contributed by atoms with Gasteiger partial charge in [-0.3, -0.25) is 9.36 Å². The number of carbonyl (C=O) groups excluding carboxylic acids is 1. The number of hydrogen-bond donors (Lipinski definition) is 0. The highest BCUT2D eigenvalue weighted by Crippen LogP contribution is 2.23. The monoisotopic (exact) mass is 426 g/mol. The number of likely N-dealkylation sites (N-methyl/N-ethyl adjacent to an activating group) is 1. The van der Waals surface area contributed by atoms with E-state index in [1.165, 1.54) is 11.8 Å². The van der Waals surface area contributed by atoms with Crippen molar-refractivity contribution in [3.05, 3.63) is 59.9 Å². The molecule has 0 radical (unpaired) electrons. The molecule has 0 saturated carbocycles. The third kappa shape index (κ3) is 5.33. The second kappa shape index (κ2) is 10.2. The summed E-state index contributed by atoms with van der Waals surface area (Å²) in [6.45, 7) is 4.84. The van der Waals surface area contributed by atoms with E-state index in [9.17, 15) is 4.79 Å². The van der Waals surface area contributed by atoms with Gasteiger partial charge < -0.3 is 14.4 Å². The fourth-order valence-electron chi connectivity index (χ4n) is 2.84. The van der Waals surface area contributed by atoms with Crippen molar-refractivity contribution in [1.82, 2.24) is 19.7 Å². The number of rotatable bonds is 9. The molecule has 0 bridgehead atoms. The van der Waals surface area contributed by atoms with Gasteiger partial charge in [-0.1, -0.05) is 30.0 Å². The van der Waals surface area contributed by atoms with Gasteiger partial charge in [0.25, 0.3) is 0 Å². The number of nitrogens with zero attached hydrogens (tertiary/aromatic N) is 4. The zero-order valence-corrected chi connectivity index (χ0v) is 18.5. The van der Waals surface area contributed by atoms with E-state index in [-0.39, 0.29) is 11.7 Å². The molecular weight excluding hydrogens is 400 g/mol. The zero-order valence-electron chi connectivity index (χ0n) is 17.7. The molecule has 2 aromatic carbocycles. The largest absolute Gasteiger partial charge is 0.497 e. The Morgan fingerprint density at radius 2 is 1.83 bits per heavy atom. The van der Waals surface area contributed by atoms with Crippen molar-refractivity contribution in [2.24, 2.45) is 0 Å². The fraction of sp³-hybridized carbons (Fsp3) is 0.318. The Bertz CT molecular complexity index is 988. The van der Waals surface area contributed by atoms with E-state index in [0.29, 0.717) is 18.3 Å². The van der Waals surface area contributed by atoms with Crippen LogP contribution in [0.4, 0.5) is 0 Å². The second-order valence-corrected chi connectivity index (χ2v) is 7.72. The molecule has 3 rings (SSSR count). The molecule has 1 aromatic heterocycles. The quantitative estimate of drug-likeness (QED) is 0.488. The SMILES string of the molecule is COc1ccc(-n2c(C)nnc2SCC(=O)N(C)CCOc2ccccc2C)cc1. The van der Waals surface area contributed by atoms with Gasteiger partial charge in [-0.15, -0.1) is 10.2 Å². The van der Waals surface area contributed by atoms with Crippen LogP contribution in [0.25, 0.3) is 5.69 Å². The van der Waals surface area contributed by atoms with E-state index < -0.39 is 0 Å². The van der Waals surface area contributed by atoms with Crippen LogP contribution in [0.5, 0.6) is 11.5 Å². The van der Waals surface area contributed by atoms with Gasteiger partial charge in [-0.2, -0.15) is 0 Å². The molecule has 7 nitrogen and oxygen atoms in total. The van der Waals surface area contributed by atoms with Gasteiger partial charge in [0.1, 0.15) is 23.9 Å². The van der Waals surface area contributed by atoms with Gasteiger partial charge in [-0.25, -0.2) is 0 Å². The van der Waals surface area contributed by atoms with Gasteiger partial charge in [-0.05, 0) is 49.7 Å². The summed E-state index contributed by atoms with van der Waals surface area (Å²) in [6.07, 6.45) is 0. The lowest BCUT2D eigenvalue weighted by molar-refractivity contribution is -0.127. The number of thioether (sulfide) groups is 1. The van der Waals surface area contributed by atoms with Gasteiger partial charge in [0, 0.05) is 12.7 Å². The number of carbonyl (C=O) groups is 1. The predicted molar refractivity (Wildman–Crippen MR) is 118 cm³/mol. The Balaban J connectivity index is 1.55. The zero-order chi connectivity index (χ0) is 21.5. The number of benzene rings is 2. The van der Waals surface area contributed by atoms with Crippen LogP contribution in [0.1, 0.15) is 11.4 Å². The van der Waals surface area contributed by atoms with E-state index in [0.717, 1.165) is 28.6 Å². The number of aryl methyl sites for hydroxylation is 2. The van der Waals surface area contributed by atoms with Gasteiger partial charge in [0.15, 0.2) is 5.16 Å². The lowest BCUT2D eigenvalue weighted by Gasteiger charge is -2.18. The molecule has 0 aliphatic rings. The Labute approximate surface area is 181 Å². The minimum absolute atomic E-state index is 0.00955. The normalized spacial score (nSPS) is 10.7. The first-order valence-electron chi connectivity index (χ1n) is 9.61. The van der Waals surface area contributed by atoms with Crippen LogP contribution in [-0.4, -0.2) is 58.6 Å². The summed E-state index contributed by atoms with van der Waals surface area (Å²) in [5.74, 6) is 2.67. The molecule has 0 aliphatic carbocycles. The predicted octanol–water partition coefficient (Wildman–Crippen LogP) is 3.52. The van der Waals surface area contributed by atoms with Gasteiger partial charge in [0.05, 0.1) is 19.4 Å². The van der Waals surface area contributed by atoms with Crippen molar-refractivity contribution < 1.29 is 14.3 Å². The molecule has 0 spiro atoms. The highest BCUT2D eigenvalue weighted by molar-refractivity contribution is 7.99. The number of amides is 1. The third-order valence-corrected chi connectivity index (χ3v) is 5.57. The van der Waals surface area contributed by atoms with Crippen LogP contribution in [0.15, 0.2) is 53.7 Å². The summed E-state index contributed by atoms with van der Waals surface area (Å²) < 4.78 is 12.9. The maximum absolute atomic E-state index is 12.5. The van der Waals surface area contributed by atoms with Crippen LogP contribution < -0.4 is 9.47 Å². The number of hydrogen-bond acceptors (Lipinski definition) is 6. The summed E-state index contributed by atoms with van der Waals surface area (Å²) in [5.41, 5.74) is 2.00. The van der Waals surface area contributed by atoms with Crippen LogP contribution in [0.2, 0.25) is 0 Å². The molecule has 158 valence electrons. The van der Waals surface area contributed by atoms with Gasteiger partial charge in [0.2, 0.25) is 5.91 Å². The van der Waals surface area contributed by atoms with E-state index in [4.69, 9.17) is 9.47 Å². The van der Waals surface area contributed by atoms with Crippen molar-refractivity contribution in [2.75, 3.05) is 33.1 Å². The topological polar surface area (TPSA) is 69.5 Å². The number of para-hydroxylation sites is 1. The first-order valence-corrected chi connectivity index (χ1v) is 10.6. The lowest BCUT2D eigenvalue weighted by Crippen LogP contribution is -2.32. The van der Waals surface area contributed by atoms with Crippen LogP contribution >= 0.6 is 11.8 Å². The average Bonchev–Trinajstić information content (AvgIpc) is 3.13. The minimum Gasteiger partial charge on any atom is -0.497 e. The van der Waals surface area contributed by atoms with Crippen molar-refractivity contribution >= 4 is 17.7 Å². The maximum atomic E-state index is 12.5. The molecule has 0 fully saturated rings. The smallest absolute Gasteiger partial charge is 0.232 e. The number of methoxy groups -OCH3 is 1. The van der Waals surface area contributed by atoms with E-state index in [1.807, 2.05) is 66.9 Å². The van der Waals surface area contributed by atoms with Gasteiger partial charge >= 0.3 is 0 Å². The highest BCUT2D eigenvalue weighted by atomic mass is 32.2. The Morgan fingerprint density at radius 1 is 1.10 bits per heavy atom. The Morgan fingerprint density at radius 3 is 2.53 bits per heavy atom. The molecule has 30 heavy (non-hydrogen) atoms. The van der Waals surface area contributed by atoms with Crippen molar-refractivity contribution in [1.29, 1.82) is 0 Å². The van der Waals surface area contributed by atoms with Crippen molar-refractivity contribution in [3.8, 4) is 17.2 Å². The van der Waals surface area contributed by atoms with E-state index in [2.05, 4.69) is 10.2 Å². The standard InChI is InChI=1S/C22H26N4O3S/c1-16-7-5-6-8-20(16)29-14-13-25(3)21(27)15-30-22-24-23-17(2)26(22)18-9-11-19(28-4)12-10-18/h5-12H,13-15H2,1-4H3. The molecule has 3 aromatic rings. The first-order chi connectivity index (χ1) is 14.5. The molecular formula is C22H26N4O3S. The number of ether oxygens (including phenoxy) is 2. The van der Waals surface area contributed by atoms with Crippen molar-refractivity contribution in [3.63, 3.8) is 0 Å². The van der Waals surface area contributed by atoms with E-state index in [1.54, 1.807) is 19.1 Å². The molecule has 1 amide bonds. The molecule has 8 heteroatoms.